The Hall–Kier alpha value is -6.78. The Bertz CT molecular complexity index is 2790. The third-order valence-corrected chi connectivity index (χ3v) is 10.9. The van der Waals surface area contributed by atoms with Crippen molar-refractivity contribution in [3.8, 4) is 22.3 Å². The first-order chi connectivity index (χ1) is 25.8. The van der Waals surface area contributed by atoms with E-state index in [0.717, 1.165) is 44.4 Å². The van der Waals surface area contributed by atoms with Gasteiger partial charge in [-0.15, -0.1) is 0 Å². The average molecular weight is 663 g/mol. The van der Waals surface area contributed by atoms with Gasteiger partial charge in [-0.1, -0.05) is 133 Å². The molecule has 11 rings (SSSR count). The van der Waals surface area contributed by atoms with E-state index in [9.17, 15) is 0 Å². The molecule has 0 N–H and O–H groups in total. The Labute approximate surface area is 302 Å². The van der Waals surface area contributed by atoms with Gasteiger partial charge in [-0.25, -0.2) is 0 Å². The molecule has 0 atom stereocenters. The maximum Gasteiger partial charge on any atom is 0.252 e. The third-order valence-electron chi connectivity index (χ3n) is 10.9. The molecule has 52 heavy (non-hydrogen) atoms. The van der Waals surface area contributed by atoms with E-state index in [1.807, 2.05) is 12.1 Å². The van der Waals surface area contributed by atoms with Gasteiger partial charge in [-0.05, 0) is 87.7 Å². The van der Waals surface area contributed by atoms with Crippen LogP contribution in [0.15, 0.2) is 192 Å². The molecule has 0 saturated heterocycles. The van der Waals surface area contributed by atoms with Gasteiger partial charge in [0.2, 0.25) is 0 Å². The molecule has 9 aromatic rings. The van der Waals surface area contributed by atoms with Crippen LogP contribution in [-0.4, -0.2) is 6.71 Å². The Morgan fingerprint density at radius 3 is 1.69 bits per heavy atom. The summed E-state index contributed by atoms with van der Waals surface area (Å²) in [5.41, 5.74) is 17.6. The molecule has 0 spiro atoms. The summed E-state index contributed by atoms with van der Waals surface area (Å²) in [7, 11) is 0. The lowest BCUT2D eigenvalue weighted by atomic mass is 9.33. The molecule has 2 aliphatic heterocycles. The zero-order valence-electron chi connectivity index (χ0n) is 28.3. The van der Waals surface area contributed by atoms with E-state index in [1.165, 1.54) is 50.3 Å². The lowest BCUT2D eigenvalue weighted by Gasteiger charge is -2.44. The minimum Gasteiger partial charge on any atom is -0.455 e. The SMILES string of the molecule is c1ccc(N2c3ccccc3B3c4cc(-c5ccc(-c6cccc7c6oc6ccccc67)cc5)ccc4N(c4ccccc4)c4cccc2c43)cc1. The van der Waals surface area contributed by atoms with E-state index in [0.29, 0.717) is 0 Å². The van der Waals surface area contributed by atoms with Gasteiger partial charge in [0.05, 0.1) is 0 Å². The summed E-state index contributed by atoms with van der Waals surface area (Å²) in [6.07, 6.45) is 0. The maximum absolute atomic E-state index is 6.39. The van der Waals surface area contributed by atoms with E-state index >= 15 is 0 Å². The number of furan rings is 1. The first-order valence-corrected chi connectivity index (χ1v) is 17.9. The van der Waals surface area contributed by atoms with Crippen LogP contribution in [0.3, 0.4) is 0 Å². The molecule has 0 unspecified atom stereocenters. The summed E-state index contributed by atoms with van der Waals surface area (Å²) in [5.74, 6) is 0. The molecule has 1 aromatic heterocycles. The molecular weight excluding hydrogens is 631 g/mol. The predicted octanol–water partition coefficient (Wildman–Crippen LogP) is 11.0. The highest BCUT2D eigenvalue weighted by atomic mass is 16.3. The number of hydrogen-bond donors (Lipinski definition) is 0. The van der Waals surface area contributed by atoms with Gasteiger partial charge in [0.1, 0.15) is 11.2 Å². The molecule has 0 radical (unpaired) electrons. The summed E-state index contributed by atoms with van der Waals surface area (Å²) in [5, 5.41) is 2.29. The van der Waals surface area contributed by atoms with Crippen molar-refractivity contribution in [2.45, 2.75) is 0 Å². The summed E-state index contributed by atoms with van der Waals surface area (Å²) in [6.45, 7) is 0.0715. The molecule has 0 fully saturated rings. The van der Waals surface area contributed by atoms with Gasteiger partial charge in [0.25, 0.3) is 6.71 Å². The fourth-order valence-electron chi connectivity index (χ4n) is 8.60. The molecule has 4 heteroatoms. The van der Waals surface area contributed by atoms with E-state index in [-0.39, 0.29) is 6.71 Å². The van der Waals surface area contributed by atoms with E-state index in [1.54, 1.807) is 0 Å². The van der Waals surface area contributed by atoms with Crippen molar-refractivity contribution in [1.29, 1.82) is 0 Å². The summed E-state index contributed by atoms with van der Waals surface area (Å²) in [6, 6.07) is 67.9. The topological polar surface area (TPSA) is 19.6 Å². The fraction of sp³-hybridized carbons (Fsp3) is 0. The van der Waals surface area contributed by atoms with Crippen LogP contribution >= 0.6 is 0 Å². The lowest BCUT2D eigenvalue weighted by Crippen LogP contribution is -2.61. The highest BCUT2D eigenvalue weighted by Crippen LogP contribution is 2.44. The van der Waals surface area contributed by atoms with Crippen LogP contribution in [0.1, 0.15) is 0 Å². The summed E-state index contributed by atoms with van der Waals surface area (Å²) >= 11 is 0. The fourth-order valence-corrected chi connectivity index (χ4v) is 8.60. The monoisotopic (exact) mass is 662 g/mol. The number of benzene rings is 8. The van der Waals surface area contributed by atoms with Crippen molar-refractivity contribution >= 4 is 79.2 Å². The Balaban J connectivity index is 1.08. The van der Waals surface area contributed by atoms with Gasteiger partial charge < -0.3 is 14.2 Å². The van der Waals surface area contributed by atoms with Gasteiger partial charge in [-0.2, -0.15) is 0 Å². The smallest absolute Gasteiger partial charge is 0.252 e. The molecule has 242 valence electrons. The molecule has 0 bridgehead atoms. The van der Waals surface area contributed by atoms with Crippen LogP contribution in [0.2, 0.25) is 0 Å². The minimum atomic E-state index is 0.0715. The first-order valence-electron chi connectivity index (χ1n) is 17.9. The minimum absolute atomic E-state index is 0.0715. The van der Waals surface area contributed by atoms with Crippen LogP contribution < -0.4 is 26.2 Å². The second kappa shape index (κ2) is 11.4. The number of fused-ring (bicyclic) bond motifs is 7. The quantitative estimate of drug-likeness (QED) is 0.175. The van der Waals surface area contributed by atoms with Crippen molar-refractivity contribution in [2.24, 2.45) is 0 Å². The van der Waals surface area contributed by atoms with Crippen molar-refractivity contribution in [3.63, 3.8) is 0 Å². The standard InChI is InChI=1S/C48H31BN2O/c1-3-13-35(14-4-1)50-42-21-9-8-20-40(42)49-41-31-34(29-30-43(41)51(36-15-5-2-6-16-36)45-23-12-22-44(50)47(45)49)32-25-27-33(28-26-32)37-18-11-19-39-38-17-7-10-24-46(38)52-48(37)39/h1-31H. The molecule has 0 aliphatic carbocycles. The summed E-state index contributed by atoms with van der Waals surface area (Å²) in [4.78, 5) is 4.88. The van der Waals surface area contributed by atoms with E-state index < -0.39 is 0 Å². The van der Waals surface area contributed by atoms with Gasteiger partial charge in [0.15, 0.2) is 0 Å². The van der Waals surface area contributed by atoms with Crippen molar-refractivity contribution < 1.29 is 4.42 Å². The highest BCUT2D eigenvalue weighted by Gasteiger charge is 2.43. The van der Waals surface area contributed by atoms with Crippen molar-refractivity contribution in [3.05, 3.63) is 188 Å². The number of anilines is 6. The van der Waals surface area contributed by atoms with Gasteiger partial charge >= 0.3 is 0 Å². The normalized spacial score (nSPS) is 12.9. The molecular formula is C48H31BN2O. The van der Waals surface area contributed by atoms with Crippen molar-refractivity contribution in [2.75, 3.05) is 9.80 Å². The lowest BCUT2D eigenvalue weighted by molar-refractivity contribution is 0.670. The number of rotatable bonds is 4. The van der Waals surface area contributed by atoms with Crippen molar-refractivity contribution in [1.82, 2.24) is 0 Å². The molecule has 3 heterocycles. The highest BCUT2D eigenvalue weighted by molar-refractivity contribution is 7.00. The van der Waals surface area contributed by atoms with Crippen LogP contribution in [0.4, 0.5) is 34.1 Å². The number of nitrogens with zero attached hydrogens (tertiary/aromatic N) is 2. The first kappa shape index (κ1) is 29.0. The van der Waals surface area contributed by atoms with Crippen LogP contribution in [0.25, 0.3) is 44.2 Å². The van der Waals surface area contributed by atoms with Gasteiger partial charge in [-0.3, -0.25) is 0 Å². The Kier molecular flexibility index (Phi) is 6.35. The zero-order valence-corrected chi connectivity index (χ0v) is 28.3. The third kappa shape index (κ3) is 4.28. The van der Waals surface area contributed by atoms with Crippen LogP contribution in [0, 0.1) is 0 Å². The second-order valence-electron chi connectivity index (χ2n) is 13.7. The number of hydrogen-bond acceptors (Lipinski definition) is 3. The maximum atomic E-state index is 6.39. The predicted molar refractivity (Wildman–Crippen MR) is 219 cm³/mol. The van der Waals surface area contributed by atoms with E-state index in [4.69, 9.17) is 4.42 Å². The average Bonchev–Trinajstić information content (AvgIpc) is 3.60. The van der Waals surface area contributed by atoms with E-state index in [2.05, 4.69) is 186 Å². The van der Waals surface area contributed by atoms with Crippen LogP contribution in [-0.2, 0) is 0 Å². The largest absolute Gasteiger partial charge is 0.455 e. The summed E-state index contributed by atoms with van der Waals surface area (Å²) < 4.78 is 6.39. The molecule has 0 saturated carbocycles. The van der Waals surface area contributed by atoms with Crippen LogP contribution in [0.5, 0.6) is 0 Å². The number of para-hydroxylation sites is 5. The van der Waals surface area contributed by atoms with Gasteiger partial charge in [0, 0.05) is 50.5 Å². The molecule has 8 aromatic carbocycles. The molecule has 0 amide bonds. The zero-order chi connectivity index (χ0) is 34.2. The molecule has 2 aliphatic rings. The Morgan fingerprint density at radius 1 is 0.385 bits per heavy atom. The molecule has 3 nitrogen and oxygen atoms in total. The second-order valence-corrected chi connectivity index (χ2v) is 13.7. The Morgan fingerprint density at radius 2 is 0.942 bits per heavy atom.